The number of amides is 2. The van der Waals surface area contributed by atoms with E-state index < -0.39 is 18.0 Å². The smallest absolute Gasteiger partial charge is 0.252 e. The van der Waals surface area contributed by atoms with Gasteiger partial charge in [0.1, 0.15) is 11.9 Å². The fourth-order valence-corrected chi connectivity index (χ4v) is 2.92. The van der Waals surface area contributed by atoms with Crippen molar-refractivity contribution in [3.63, 3.8) is 0 Å². The van der Waals surface area contributed by atoms with E-state index in [1.807, 2.05) is 32.9 Å². The summed E-state index contributed by atoms with van der Waals surface area (Å²) in [6, 6.07) is 12.0. The predicted molar refractivity (Wildman–Crippen MR) is 106 cm³/mol. The van der Waals surface area contributed by atoms with Crippen LogP contribution in [0.5, 0.6) is 0 Å². The molecule has 0 aliphatic carbocycles. The normalized spacial score (nSPS) is 13.1. The van der Waals surface area contributed by atoms with Crippen LogP contribution in [-0.4, -0.2) is 29.5 Å². The molecule has 2 atom stereocenters. The highest BCUT2D eigenvalue weighted by Gasteiger charge is 2.23. The third-order valence-corrected chi connectivity index (χ3v) is 4.42. The number of carbonyl (C=O) groups is 2. The van der Waals surface area contributed by atoms with Crippen LogP contribution in [-0.2, 0) is 4.79 Å². The zero-order valence-corrected chi connectivity index (χ0v) is 16.4. The number of hydrogen-bond donors (Lipinski definition) is 3. The maximum Gasteiger partial charge on any atom is 0.252 e. The number of aliphatic hydroxyl groups is 1. The van der Waals surface area contributed by atoms with Gasteiger partial charge in [-0.3, -0.25) is 9.59 Å². The van der Waals surface area contributed by atoms with E-state index in [1.165, 1.54) is 18.2 Å². The SMILES string of the molecule is Cc1ccccc1C(=O)NC(CC(C)C)C(=O)NCC(O)c1cccc(F)c1. The first-order chi connectivity index (χ1) is 13.3. The molecule has 0 spiro atoms. The molecule has 2 aromatic carbocycles. The van der Waals surface area contributed by atoms with Crippen molar-refractivity contribution in [2.75, 3.05) is 6.54 Å². The molecule has 0 aliphatic heterocycles. The number of aryl methyl sites for hydroxylation is 1. The number of rotatable bonds is 8. The summed E-state index contributed by atoms with van der Waals surface area (Å²) in [5.74, 6) is -0.970. The number of nitrogens with one attached hydrogen (secondary N) is 2. The van der Waals surface area contributed by atoms with Crippen molar-refractivity contribution < 1.29 is 19.1 Å². The standard InChI is InChI=1S/C22H27FN2O3/c1-14(2)11-19(25-21(27)18-10-5-4-7-15(18)3)22(28)24-13-20(26)16-8-6-9-17(23)12-16/h4-10,12,14,19-20,26H,11,13H2,1-3H3,(H,24,28)(H,25,27). The van der Waals surface area contributed by atoms with Gasteiger partial charge in [0.15, 0.2) is 0 Å². The Labute approximate surface area is 165 Å². The van der Waals surface area contributed by atoms with Crippen molar-refractivity contribution in [3.05, 3.63) is 71.0 Å². The Morgan fingerprint density at radius 1 is 1.11 bits per heavy atom. The monoisotopic (exact) mass is 386 g/mol. The molecule has 2 amide bonds. The quantitative estimate of drug-likeness (QED) is 0.652. The summed E-state index contributed by atoms with van der Waals surface area (Å²) in [5, 5.41) is 15.6. The lowest BCUT2D eigenvalue weighted by atomic mass is 10.0. The molecule has 2 aromatic rings. The summed E-state index contributed by atoms with van der Waals surface area (Å²) in [6.07, 6.45) is -0.578. The van der Waals surface area contributed by atoms with E-state index in [0.717, 1.165) is 5.56 Å². The molecular weight excluding hydrogens is 359 g/mol. The van der Waals surface area contributed by atoms with Crippen LogP contribution < -0.4 is 10.6 Å². The average Bonchev–Trinajstić information content (AvgIpc) is 2.65. The van der Waals surface area contributed by atoms with Gasteiger partial charge >= 0.3 is 0 Å². The topological polar surface area (TPSA) is 78.4 Å². The fraction of sp³-hybridized carbons (Fsp3) is 0.364. The van der Waals surface area contributed by atoms with E-state index in [-0.39, 0.29) is 24.3 Å². The van der Waals surface area contributed by atoms with Gasteiger partial charge in [-0.2, -0.15) is 0 Å². The van der Waals surface area contributed by atoms with E-state index >= 15 is 0 Å². The van der Waals surface area contributed by atoms with Gasteiger partial charge < -0.3 is 15.7 Å². The minimum Gasteiger partial charge on any atom is -0.387 e. The van der Waals surface area contributed by atoms with Crippen LogP contribution in [0.1, 0.15) is 47.9 Å². The average molecular weight is 386 g/mol. The number of carbonyl (C=O) groups excluding carboxylic acids is 2. The summed E-state index contributed by atoms with van der Waals surface area (Å²) in [6.45, 7) is 5.68. The lowest BCUT2D eigenvalue weighted by Crippen LogP contribution is -2.48. The highest BCUT2D eigenvalue weighted by atomic mass is 19.1. The van der Waals surface area contributed by atoms with Gasteiger partial charge in [0.05, 0.1) is 6.10 Å². The van der Waals surface area contributed by atoms with Gasteiger partial charge in [0.25, 0.3) is 5.91 Å². The molecule has 28 heavy (non-hydrogen) atoms. The number of hydrogen-bond acceptors (Lipinski definition) is 3. The van der Waals surface area contributed by atoms with Crippen molar-refractivity contribution in [1.29, 1.82) is 0 Å². The first-order valence-corrected chi connectivity index (χ1v) is 9.35. The van der Waals surface area contributed by atoms with Crippen molar-refractivity contribution in [2.24, 2.45) is 5.92 Å². The maximum atomic E-state index is 13.3. The van der Waals surface area contributed by atoms with E-state index in [1.54, 1.807) is 18.2 Å². The van der Waals surface area contributed by atoms with Crippen molar-refractivity contribution in [1.82, 2.24) is 10.6 Å². The van der Waals surface area contributed by atoms with E-state index in [9.17, 15) is 19.1 Å². The first-order valence-electron chi connectivity index (χ1n) is 9.35. The molecule has 0 aromatic heterocycles. The van der Waals surface area contributed by atoms with Crippen molar-refractivity contribution >= 4 is 11.8 Å². The molecule has 5 nitrogen and oxygen atoms in total. The summed E-state index contributed by atoms with van der Waals surface area (Å²) in [5.41, 5.74) is 1.72. The molecule has 0 bridgehead atoms. The lowest BCUT2D eigenvalue weighted by molar-refractivity contribution is -0.123. The lowest BCUT2D eigenvalue weighted by Gasteiger charge is -2.21. The molecule has 3 N–H and O–H groups in total. The van der Waals surface area contributed by atoms with Gasteiger partial charge in [0, 0.05) is 12.1 Å². The van der Waals surface area contributed by atoms with Crippen LogP contribution >= 0.6 is 0 Å². The largest absolute Gasteiger partial charge is 0.387 e. The van der Waals surface area contributed by atoms with E-state index in [2.05, 4.69) is 10.6 Å². The molecule has 0 saturated carbocycles. The summed E-state index contributed by atoms with van der Waals surface area (Å²) in [7, 11) is 0. The number of halogens is 1. The zero-order valence-electron chi connectivity index (χ0n) is 16.4. The van der Waals surface area contributed by atoms with Gasteiger partial charge in [-0.15, -0.1) is 0 Å². The molecule has 2 unspecified atom stereocenters. The van der Waals surface area contributed by atoms with Gasteiger partial charge in [-0.05, 0) is 48.6 Å². The molecule has 6 heteroatoms. The Kier molecular flexibility index (Phi) is 7.70. The van der Waals surface area contributed by atoms with Crippen LogP contribution in [0.15, 0.2) is 48.5 Å². The second-order valence-corrected chi connectivity index (χ2v) is 7.29. The first kappa shape index (κ1) is 21.6. The molecule has 0 aliphatic rings. The summed E-state index contributed by atoms with van der Waals surface area (Å²) in [4.78, 5) is 25.2. The Bertz CT molecular complexity index is 823. The molecule has 0 heterocycles. The Morgan fingerprint density at radius 2 is 1.82 bits per heavy atom. The third kappa shape index (κ3) is 6.16. The van der Waals surface area contributed by atoms with Crippen molar-refractivity contribution in [2.45, 2.75) is 39.3 Å². The summed E-state index contributed by atoms with van der Waals surface area (Å²) >= 11 is 0. The van der Waals surface area contributed by atoms with Crippen LogP contribution in [0, 0.1) is 18.7 Å². The van der Waals surface area contributed by atoms with E-state index in [4.69, 9.17) is 0 Å². The van der Waals surface area contributed by atoms with Crippen molar-refractivity contribution in [3.8, 4) is 0 Å². The Hall–Kier alpha value is -2.73. The Balaban J connectivity index is 2.02. The molecule has 150 valence electrons. The third-order valence-electron chi connectivity index (χ3n) is 4.42. The van der Waals surface area contributed by atoms with Crippen LogP contribution in [0.4, 0.5) is 4.39 Å². The zero-order chi connectivity index (χ0) is 20.7. The van der Waals surface area contributed by atoms with Gasteiger partial charge in [-0.25, -0.2) is 4.39 Å². The summed E-state index contributed by atoms with van der Waals surface area (Å²) < 4.78 is 13.3. The molecule has 0 radical (unpaired) electrons. The van der Waals surface area contributed by atoms with Crippen LogP contribution in [0.25, 0.3) is 0 Å². The predicted octanol–water partition coefficient (Wildman–Crippen LogP) is 3.13. The number of benzene rings is 2. The van der Waals surface area contributed by atoms with Gasteiger partial charge in [-0.1, -0.05) is 44.2 Å². The molecule has 0 fully saturated rings. The molecule has 0 saturated heterocycles. The second kappa shape index (κ2) is 9.99. The fourth-order valence-electron chi connectivity index (χ4n) is 2.92. The van der Waals surface area contributed by atoms with Gasteiger partial charge in [0.2, 0.25) is 5.91 Å². The Morgan fingerprint density at radius 3 is 2.46 bits per heavy atom. The minimum atomic E-state index is -1.04. The van der Waals surface area contributed by atoms with E-state index in [0.29, 0.717) is 17.5 Å². The second-order valence-electron chi connectivity index (χ2n) is 7.29. The van der Waals surface area contributed by atoms with Crippen LogP contribution in [0.3, 0.4) is 0 Å². The number of aliphatic hydroxyl groups excluding tert-OH is 1. The maximum absolute atomic E-state index is 13.3. The molecular formula is C22H27FN2O3. The minimum absolute atomic E-state index is 0.0723. The van der Waals surface area contributed by atoms with Crippen LogP contribution in [0.2, 0.25) is 0 Å². The highest BCUT2D eigenvalue weighted by molar-refractivity contribution is 5.98. The molecule has 2 rings (SSSR count). The highest BCUT2D eigenvalue weighted by Crippen LogP contribution is 2.14.